The number of halogens is 1. The SMILES string of the molecule is CC1CCc2c1cc(CN)c(O)c2I. The normalized spacial score (nSPS) is 19.8. The number of hydrogen-bond donors (Lipinski definition) is 2. The molecule has 1 atom stereocenters. The highest BCUT2D eigenvalue weighted by Crippen LogP contribution is 2.40. The van der Waals surface area contributed by atoms with Crippen LogP contribution < -0.4 is 5.73 Å². The summed E-state index contributed by atoms with van der Waals surface area (Å²) in [6.45, 7) is 2.65. The first kappa shape index (κ1) is 10.2. The molecule has 0 radical (unpaired) electrons. The predicted molar refractivity (Wildman–Crippen MR) is 65.5 cm³/mol. The van der Waals surface area contributed by atoms with Crippen LogP contribution in [0.1, 0.15) is 36.0 Å². The first-order valence-corrected chi connectivity index (χ1v) is 5.96. The van der Waals surface area contributed by atoms with Crippen LogP contribution in [-0.2, 0) is 13.0 Å². The van der Waals surface area contributed by atoms with Crippen molar-refractivity contribution in [1.82, 2.24) is 0 Å². The second-order valence-corrected chi connectivity index (χ2v) is 4.99. The molecule has 14 heavy (non-hydrogen) atoms. The molecule has 0 bridgehead atoms. The second-order valence-electron chi connectivity index (χ2n) is 3.91. The molecule has 0 spiro atoms. The van der Waals surface area contributed by atoms with Crippen molar-refractivity contribution in [2.75, 3.05) is 0 Å². The fourth-order valence-corrected chi connectivity index (χ4v) is 3.05. The third kappa shape index (κ3) is 1.42. The lowest BCUT2D eigenvalue weighted by Gasteiger charge is -2.11. The van der Waals surface area contributed by atoms with Crippen molar-refractivity contribution in [3.8, 4) is 5.75 Å². The smallest absolute Gasteiger partial charge is 0.133 e. The van der Waals surface area contributed by atoms with E-state index in [1.807, 2.05) is 0 Å². The van der Waals surface area contributed by atoms with Crippen LogP contribution >= 0.6 is 22.6 Å². The maximum atomic E-state index is 9.86. The van der Waals surface area contributed by atoms with Gasteiger partial charge in [0.2, 0.25) is 0 Å². The molecule has 0 heterocycles. The van der Waals surface area contributed by atoms with E-state index in [1.165, 1.54) is 17.5 Å². The summed E-state index contributed by atoms with van der Waals surface area (Å²) in [6, 6.07) is 2.07. The zero-order valence-electron chi connectivity index (χ0n) is 8.18. The standard InChI is InChI=1S/C11H14INO/c1-6-2-3-8-9(6)4-7(5-13)11(14)10(8)12/h4,6,14H,2-3,5,13H2,1H3. The van der Waals surface area contributed by atoms with Gasteiger partial charge in [-0.25, -0.2) is 0 Å². The quantitative estimate of drug-likeness (QED) is 0.783. The van der Waals surface area contributed by atoms with Gasteiger partial charge in [-0.15, -0.1) is 0 Å². The minimum Gasteiger partial charge on any atom is -0.506 e. The van der Waals surface area contributed by atoms with Gasteiger partial charge in [-0.1, -0.05) is 13.0 Å². The summed E-state index contributed by atoms with van der Waals surface area (Å²) >= 11 is 2.22. The Hall–Kier alpha value is -0.290. The fourth-order valence-electron chi connectivity index (χ4n) is 2.12. The third-order valence-electron chi connectivity index (χ3n) is 3.03. The first-order valence-electron chi connectivity index (χ1n) is 4.88. The molecular formula is C11H14INO. The van der Waals surface area contributed by atoms with Gasteiger partial charge in [0.15, 0.2) is 0 Å². The summed E-state index contributed by atoms with van der Waals surface area (Å²) in [7, 11) is 0. The number of phenolic OH excluding ortho intramolecular Hbond substituents is 1. The third-order valence-corrected chi connectivity index (χ3v) is 4.20. The van der Waals surface area contributed by atoms with Crippen molar-refractivity contribution in [2.45, 2.75) is 32.2 Å². The molecule has 0 saturated carbocycles. The second kappa shape index (κ2) is 3.70. The fraction of sp³-hybridized carbons (Fsp3) is 0.455. The number of hydrogen-bond acceptors (Lipinski definition) is 2. The molecule has 2 rings (SSSR count). The van der Waals surface area contributed by atoms with Gasteiger partial charge in [0.1, 0.15) is 5.75 Å². The van der Waals surface area contributed by atoms with Gasteiger partial charge in [-0.05, 0) is 52.5 Å². The van der Waals surface area contributed by atoms with Gasteiger partial charge in [0.05, 0.1) is 3.57 Å². The van der Waals surface area contributed by atoms with Gasteiger partial charge in [-0.2, -0.15) is 0 Å². The van der Waals surface area contributed by atoms with E-state index in [1.54, 1.807) is 0 Å². The summed E-state index contributed by atoms with van der Waals surface area (Å²) in [4.78, 5) is 0. The lowest BCUT2D eigenvalue weighted by molar-refractivity contribution is 0.463. The maximum absolute atomic E-state index is 9.86. The average molecular weight is 303 g/mol. The molecule has 2 nitrogen and oxygen atoms in total. The van der Waals surface area contributed by atoms with Gasteiger partial charge >= 0.3 is 0 Å². The van der Waals surface area contributed by atoms with Crippen LogP contribution in [0.4, 0.5) is 0 Å². The van der Waals surface area contributed by atoms with E-state index in [9.17, 15) is 5.11 Å². The van der Waals surface area contributed by atoms with Crippen molar-refractivity contribution in [3.63, 3.8) is 0 Å². The minimum atomic E-state index is 0.390. The summed E-state index contributed by atoms with van der Waals surface area (Å²) in [5.74, 6) is 1.00. The number of benzene rings is 1. The highest BCUT2D eigenvalue weighted by Gasteiger charge is 2.23. The van der Waals surface area contributed by atoms with Crippen LogP contribution in [0.5, 0.6) is 5.75 Å². The van der Waals surface area contributed by atoms with Gasteiger partial charge in [0.25, 0.3) is 0 Å². The summed E-state index contributed by atoms with van der Waals surface area (Å²) in [5, 5.41) is 9.86. The van der Waals surface area contributed by atoms with E-state index in [0.717, 1.165) is 15.6 Å². The molecule has 0 saturated heterocycles. The predicted octanol–water partition coefficient (Wildman–Crippen LogP) is 2.51. The number of nitrogens with two attached hydrogens (primary N) is 1. The number of rotatable bonds is 1. The van der Waals surface area contributed by atoms with E-state index in [4.69, 9.17) is 5.73 Å². The molecule has 1 aromatic rings. The van der Waals surface area contributed by atoms with E-state index in [-0.39, 0.29) is 0 Å². The molecule has 0 aliphatic heterocycles. The lowest BCUT2D eigenvalue weighted by Crippen LogP contribution is -2.01. The molecule has 1 aromatic carbocycles. The van der Waals surface area contributed by atoms with Crippen LogP contribution in [0.25, 0.3) is 0 Å². The Morgan fingerprint density at radius 1 is 1.64 bits per heavy atom. The monoisotopic (exact) mass is 303 g/mol. The molecule has 0 aromatic heterocycles. The molecular weight excluding hydrogens is 289 g/mol. The van der Waals surface area contributed by atoms with Crippen molar-refractivity contribution in [3.05, 3.63) is 26.3 Å². The Bertz CT molecular complexity index is 376. The largest absolute Gasteiger partial charge is 0.506 e. The molecule has 1 aliphatic rings. The Labute approximate surface area is 97.6 Å². The van der Waals surface area contributed by atoms with Crippen LogP contribution in [0, 0.1) is 3.57 Å². The van der Waals surface area contributed by atoms with Crippen molar-refractivity contribution in [1.29, 1.82) is 0 Å². The van der Waals surface area contributed by atoms with E-state index in [2.05, 4.69) is 35.6 Å². The number of phenols is 1. The number of aromatic hydroxyl groups is 1. The summed E-state index contributed by atoms with van der Waals surface area (Å²) in [6.07, 6.45) is 2.28. The summed E-state index contributed by atoms with van der Waals surface area (Å²) < 4.78 is 1.00. The van der Waals surface area contributed by atoms with E-state index < -0.39 is 0 Å². The molecule has 1 unspecified atom stereocenters. The van der Waals surface area contributed by atoms with Gasteiger partial charge in [-0.3, -0.25) is 0 Å². The Balaban J connectivity index is 2.62. The van der Waals surface area contributed by atoms with Crippen LogP contribution in [0.15, 0.2) is 6.07 Å². The average Bonchev–Trinajstić information content (AvgIpc) is 2.54. The van der Waals surface area contributed by atoms with Crippen LogP contribution in [-0.4, -0.2) is 5.11 Å². The molecule has 76 valence electrons. The molecule has 0 fully saturated rings. The molecule has 3 N–H and O–H groups in total. The van der Waals surface area contributed by atoms with Crippen molar-refractivity contribution in [2.24, 2.45) is 5.73 Å². The zero-order valence-corrected chi connectivity index (χ0v) is 10.3. The summed E-state index contributed by atoms with van der Waals surface area (Å²) in [5.41, 5.74) is 9.18. The van der Waals surface area contributed by atoms with E-state index >= 15 is 0 Å². The van der Waals surface area contributed by atoms with Gasteiger partial charge < -0.3 is 10.8 Å². The van der Waals surface area contributed by atoms with Crippen LogP contribution in [0.3, 0.4) is 0 Å². The van der Waals surface area contributed by atoms with E-state index in [0.29, 0.717) is 18.2 Å². The topological polar surface area (TPSA) is 46.2 Å². The first-order chi connectivity index (χ1) is 6.65. The number of fused-ring (bicyclic) bond motifs is 1. The Kier molecular flexibility index (Phi) is 2.70. The molecule has 3 heteroatoms. The molecule has 0 amide bonds. The molecule has 1 aliphatic carbocycles. The van der Waals surface area contributed by atoms with Crippen LogP contribution in [0.2, 0.25) is 0 Å². The Morgan fingerprint density at radius 2 is 2.36 bits per heavy atom. The maximum Gasteiger partial charge on any atom is 0.133 e. The zero-order chi connectivity index (χ0) is 10.3. The minimum absolute atomic E-state index is 0.390. The van der Waals surface area contributed by atoms with Gasteiger partial charge in [0, 0.05) is 12.1 Å². The van der Waals surface area contributed by atoms with Crippen molar-refractivity contribution < 1.29 is 5.11 Å². The highest BCUT2D eigenvalue weighted by atomic mass is 127. The lowest BCUT2D eigenvalue weighted by atomic mass is 10.00. The highest BCUT2D eigenvalue weighted by molar-refractivity contribution is 14.1. The van der Waals surface area contributed by atoms with Crippen molar-refractivity contribution >= 4 is 22.6 Å². The Morgan fingerprint density at radius 3 is 3.00 bits per heavy atom.